The lowest BCUT2D eigenvalue weighted by Gasteiger charge is -2.15. The minimum Gasteiger partial charge on any atom is -0.345 e. The fourth-order valence-electron chi connectivity index (χ4n) is 1.75. The molecular formula is C15H23N3O2S. The molecule has 0 radical (unpaired) electrons. The summed E-state index contributed by atoms with van der Waals surface area (Å²) in [7, 11) is 3.39. The van der Waals surface area contributed by atoms with Crippen LogP contribution in [-0.4, -0.2) is 48.9 Å². The normalized spacial score (nSPS) is 11.9. The number of nitrogens with one attached hydrogen (secondary N) is 1. The third kappa shape index (κ3) is 5.06. The highest BCUT2D eigenvalue weighted by Crippen LogP contribution is 2.18. The van der Waals surface area contributed by atoms with Crippen molar-refractivity contribution in [2.24, 2.45) is 5.73 Å². The summed E-state index contributed by atoms with van der Waals surface area (Å²) in [5.41, 5.74) is 7.92. The first-order valence-corrected chi connectivity index (χ1v) is 8.14. The first kappa shape index (κ1) is 17.5. The Morgan fingerprint density at radius 3 is 2.62 bits per heavy atom. The molecule has 0 aromatic heterocycles. The van der Waals surface area contributed by atoms with E-state index >= 15 is 0 Å². The molecule has 0 heterocycles. The van der Waals surface area contributed by atoms with Gasteiger partial charge < -0.3 is 16.0 Å². The van der Waals surface area contributed by atoms with Gasteiger partial charge in [0.1, 0.15) is 0 Å². The predicted molar refractivity (Wildman–Crippen MR) is 88.8 cm³/mol. The van der Waals surface area contributed by atoms with Crippen molar-refractivity contribution in [3.8, 4) is 0 Å². The van der Waals surface area contributed by atoms with Crippen molar-refractivity contribution in [1.82, 2.24) is 4.90 Å². The van der Waals surface area contributed by atoms with E-state index in [1.807, 2.05) is 19.2 Å². The number of nitrogens with zero attached hydrogens (tertiary/aromatic N) is 1. The number of benzene rings is 1. The van der Waals surface area contributed by atoms with Crippen LogP contribution in [0, 0.1) is 6.92 Å². The molecule has 116 valence electrons. The molecule has 1 aromatic carbocycles. The minimum atomic E-state index is -0.537. The maximum absolute atomic E-state index is 12.0. The number of carbonyl (C=O) groups excluding carboxylic acids is 2. The van der Waals surface area contributed by atoms with Gasteiger partial charge in [-0.1, -0.05) is 6.07 Å². The smallest absolute Gasteiger partial charge is 0.253 e. The second-order valence-corrected chi connectivity index (χ2v) is 6.09. The molecule has 0 aliphatic rings. The Balaban J connectivity index is 2.85. The van der Waals surface area contributed by atoms with Crippen LogP contribution in [0.5, 0.6) is 0 Å². The van der Waals surface area contributed by atoms with Crippen LogP contribution in [0.1, 0.15) is 22.3 Å². The lowest BCUT2D eigenvalue weighted by atomic mass is 10.1. The Labute approximate surface area is 130 Å². The van der Waals surface area contributed by atoms with Crippen LogP contribution in [0.4, 0.5) is 5.69 Å². The largest absolute Gasteiger partial charge is 0.345 e. The van der Waals surface area contributed by atoms with Crippen LogP contribution < -0.4 is 11.1 Å². The quantitative estimate of drug-likeness (QED) is 0.839. The SMILES string of the molecule is CSCC[C@@H](N)C(=O)Nc1cc(C(=O)N(C)C)ccc1C. The second-order valence-electron chi connectivity index (χ2n) is 5.11. The lowest BCUT2D eigenvalue weighted by Crippen LogP contribution is -2.36. The van der Waals surface area contributed by atoms with E-state index < -0.39 is 6.04 Å². The van der Waals surface area contributed by atoms with Gasteiger partial charge in [0.05, 0.1) is 6.04 Å². The van der Waals surface area contributed by atoms with Crippen LogP contribution in [0.2, 0.25) is 0 Å². The molecule has 1 aromatic rings. The van der Waals surface area contributed by atoms with Crippen LogP contribution in [0.3, 0.4) is 0 Å². The molecule has 0 spiro atoms. The van der Waals surface area contributed by atoms with Crippen molar-refractivity contribution in [2.45, 2.75) is 19.4 Å². The zero-order valence-electron chi connectivity index (χ0n) is 13.0. The van der Waals surface area contributed by atoms with Crippen LogP contribution in [0.25, 0.3) is 0 Å². The van der Waals surface area contributed by atoms with Gasteiger partial charge in [-0.25, -0.2) is 0 Å². The maximum atomic E-state index is 12.0. The van der Waals surface area contributed by atoms with Crippen molar-refractivity contribution in [3.05, 3.63) is 29.3 Å². The molecule has 0 aliphatic heterocycles. The molecule has 0 bridgehead atoms. The van der Waals surface area contributed by atoms with E-state index in [9.17, 15) is 9.59 Å². The molecule has 3 N–H and O–H groups in total. The number of amides is 2. The zero-order chi connectivity index (χ0) is 16.0. The number of aryl methyl sites for hydroxylation is 1. The van der Waals surface area contributed by atoms with E-state index in [0.29, 0.717) is 17.7 Å². The topological polar surface area (TPSA) is 75.4 Å². The van der Waals surface area contributed by atoms with Crippen molar-refractivity contribution < 1.29 is 9.59 Å². The number of anilines is 1. The van der Waals surface area contributed by atoms with Crippen molar-refractivity contribution in [1.29, 1.82) is 0 Å². The highest BCUT2D eigenvalue weighted by atomic mass is 32.2. The zero-order valence-corrected chi connectivity index (χ0v) is 13.8. The maximum Gasteiger partial charge on any atom is 0.253 e. The fraction of sp³-hybridized carbons (Fsp3) is 0.467. The van der Waals surface area contributed by atoms with E-state index in [-0.39, 0.29) is 11.8 Å². The third-order valence-corrected chi connectivity index (χ3v) is 3.76. The summed E-state index contributed by atoms with van der Waals surface area (Å²) in [4.78, 5) is 25.5. The van der Waals surface area contributed by atoms with Gasteiger partial charge in [-0.15, -0.1) is 0 Å². The van der Waals surface area contributed by atoms with Gasteiger partial charge in [-0.3, -0.25) is 9.59 Å². The van der Waals surface area contributed by atoms with Crippen LogP contribution in [0.15, 0.2) is 18.2 Å². The van der Waals surface area contributed by atoms with E-state index in [4.69, 9.17) is 5.73 Å². The summed E-state index contributed by atoms with van der Waals surface area (Å²) in [6.45, 7) is 1.88. The summed E-state index contributed by atoms with van der Waals surface area (Å²) in [6, 6.07) is 4.72. The molecule has 2 amide bonds. The first-order valence-electron chi connectivity index (χ1n) is 6.74. The standard InChI is InChI=1S/C15H23N3O2S/c1-10-5-6-11(15(20)18(2)3)9-13(10)17-14(19)12(16)7-8-21-4/h5-6,9,12H,7-8,16H2,1-4H3,(H,17,19)/t12-/m1/s1. The number of nitrogens with two attached hydrogens (primary N) is 1. The molecule has 0 saturated heterocycles. The molecule has 5 nitrogen and oxygen atoms in total. The number of thioether (sulfide) groups is 1. The van der Waals surface area contributed by atoms with Gasteiger partial charge in [-0.05, 0) is 43.0 Å². The summed E-state index contributed by atoms with van der Waals surface area (Å²) in [6.07, 6.45) is 2.60. The van der Waals surface area contributed by atoms with E-state index in [2.05, 4.69) is 5.32 Å². The molecule has 6 heteroatoms. The molecule has 0 unspecified atom stereocenters. The van der Waals surface area contributed by atoms with Crippen molar-refractivity contribution in [3.63, 3.8) is 0 Å². The van der Waals surface area contributed by atoms with Crippen molar-refractivity contribution >= 4 is 29.3 Å². The Hall–Kier alpha value is -1.53. The molecule has 1 atom stereocenters. The Morgan fingerprint density at radius 2 is 2.05 bits per heavy atom. The average Bonchev–Trinajstić information content (AvgIpc) is 2.45. The summed E-state index contributed by atoms with van der Waals surface area (Å²) in [5.74, 6) is 0.519. The van der Waals surface area contributed by atoms with Gasteiger partial charge >= 0.3 is 0 Å². The highest BCUT2D eigenvalue weighted by Gasteiger charge is 2.15. The summed E-state index contributed by atoms with van der Waals surface area (Å²) in [5, 5.41) is 2.81. The van der Waals surface area contributed by atoms with E-state index in [0.717, 1.165) is 11.3 Å². The average molecular weight is 309 g/mol. The van der Waals surface area contributed by atoms with Gasteiger partial charge in [-0.2, -0.15) is 11.8 Å². The second kappa shape index (κ2) is 8.05. The summed E-state index contributed by atoms with van der Waals surface area (Å²) >= 11 is 1.66. The molecule has 0 saturated carbocycles. The monoisotopic (exact) mass is 309 g/mol. The first-order chi connectivity index (χ1) is 9.86. The van der Waals surface area contributed by atoms with Gasteiger partial charge in [0.15, 0.2) is 0 Å². The van der Waals surface area contributed by atoms with Gasteiger partial charge in [0.2, 0.25) is 5.91 Å². The third-order valence-electron chi connectivity index (χ3n) is 3.12. The number of hydrogen-bond donors (Lipinski definition) is 2. The molecule has 0 fully saturated rings. The Bertz CT molecular complexity index is 518. The Morgan fingerprint density at radius 1 is 1.38 bits per heavy atom. The van der Waals surface area contributed by atoms with Crippen LogP contribution in [-0.2, 0) is 4.79 Å². The number of hydrogen-bond acceptors (Lipinski definition) is 4. The fourth-order valence-corrected chi connectivity index (χ4v) is 2.24. The molecule has 21 heavy (non-hydrogen) atoms. The molecule has 0 aliphatic carbocycles. The Kier molecular flexibility index (Phi) is 6.71. The van der Waals surface area contributed by atoms with Crippen molar-refractivity contribution in [2.75, 3.05) is 31.4 Å². The molecular weight excluding hydrogens is 286 g/mol. The van der Waals surface area contributed by atoms with E-state index in [1.54, 1.807) is 38.0 Å². The number of carbonyl (C=O) groups is 2. The lowest BCUT2D eigenvalue weighted by molar-refractivity contribution is -0.117. The number of rotatable bonds is 6. The predicted octanol–water partition coefficient (Wildman–Crippen LogP) is 1.72. The van der Waals surface area contributed by atoms with Crippen LogP contribution >= 0.6 is 11.8 Å². The molecule has 1 rings (SSSR count). The van der Waals surface area contributed by atoms with Gasteiger partial charge in [0.25, 0.3) is 5.91 Å². The minimum absolute atomic E-state index is 0.0998. The highest BCUT2D eigenvalue weighted by molar-refractivity contribution is 7.98. The van der Waals surface area contributed by atoms with Gasteiger partial charge in [0, 0.05) is 25.3 Å². The van der Waals surface area contributed by atoms with E-state index in [1.165, 1.54) is 4.90 Å². The summed E-state index contributed by atoms with van der Waals surface area (Å²) < 4.78 is 0.